The van der Waals surface area contributed by atoms with E-state index in [1.165, 1.54) is 4.90 Å². The second-order valence-electron chi connectivity index (χ2n) is 5.74. The summed E-state index contributed by atoms with van der Waals surface area (Å²) in [7, 11) is 0. The van der Waals surface area contributed by atoms with Crippen molar-refractivity contribution in [1.82, 2.24) is 4.90 Å². The van der Waals surface area contributed by atoms with E-state index in [-0.39, 0.29) is 18.9 Å². The smallest absolute Gasteiger partial charge is 0.416 e. The Morgan fingerprint density at radius 1 is 1.30 bits per heavy atom. The number of rotatable bonds is 4. The quantitative estimate of drug-likeness (QED) is 0.920. The molecular formula is C15H16F3NO4. The maximum atomic E-state index is 12.4. The van der Waals surface area contributed by atoms with Crippen LogP contribution >= 0.6 is 0 Å². The molecule has 5 nitrogen and oxygen atoms in total. The van der Waals surface area contributed by atoms with Gasteiger partial charge < -0.3 is 14.7 Å². The zero-order chi connectivity index (χ0) is 17.3. The molecule has 0 spiro atoms. The van der Waals surface area contributed by atoms with Crippen LogP contribution in [0.25, 0.3) is 0 Å². The fraction of sp³-hybridized carbons (Fsp3) is 0.467. The molecule has 0 bridgehead atoms. The summed E-state index contributed by atoms with van der Waals surface area (Å²) in [6, 6.07) is 4.03. The molecule has 1 atom stereocenters. The highest BCUT2D eigenvalue weighted by molar-refractivity contribution is 5.81. The summed E-state index contributed by atoms with van der Waals surface area (Å²) < 4.78 is 42.4. The molecule has 1 aliphatic heterocycles. The number of halogens is 3. The van der Waals surface area contributed by atoms with Crippen LogP contribution in [-0.2, 0) is 15.8 Å². The van der Waals surface area contributed by atoms with E-state index in [0.29, 0.717) is 13.0 Å². The molecule has 1 heterocycles. The van der Waals surface area contributed by atoms with Crippen LogP contribution in [0.2, 0.25) is 0 Å². The molecule has 23 heavy (non-hydrogen) atoms. The van der Waals surface area contributed by atoms with E-state index in [4.69, 9.17) is 9.84 Å². The van der Waals surface area contributed by atoms with Crippen LogP contribution in [0.4, 0.5) is 13.2 Å². The van der Waals surface area contributed by atoms with Crippen LogP contribution in [0.3, 0.4) is 0 Å². The van der Waals surface area contributed by atoms with E-state index < -0.39 is 29.0 Å². The summed E-state index contributed by atoms with van der Waals surface area (Å²) >= 11 is 0. The molecule has 1 aromatic rings. The maximum absolute atomic E-state index is 12.4. The van der Waals surface area contributed by atoms with Gasteiger partial charge in [0.2, 0.25) is 0 Å². The number of carbonyl (C=O) groups is 2. The Balaban J connectivity index is 1.89. The third-order valence-corrected chi connectivity index (χ3v) is 3.89. The van der Waals surface area contributed by atoms with Crippen molar-refractivity contribution in [2.24, 2.45) is 5.41 Å². The minimum absolute atomic E-state index is 0.0948. The van der Waals surface area contributed by atoms with Crippen LogP contribution < -0.4 is 4.74 Å². The Labute approximate surface area is 130 Å². The predicted molar refractivity (Wildman–Crippen MR) is 73.9 cm³/mol. The van der Waals surface area contributed by atoms with Crippen LogP contribution in [0.1, 0.15) is 18.9 Å². The lowest BCUT2D eigenvalue weighted by Crippen LogP contribution is -2.37. The summed E-state index contributed by atoms with van der Waals surface area (Å²) in [4.78, 5) is 24.5. The SMILES string of the molecule is C[C@@]1(C(=O)O)CCN(C(=O)COc2ccc(C(F)(F)F)cc2)C1. The molecule has 0 saturated carbocycles. The summed E-state index contributed by atoms with van der Waals surface area (Å²) in [6.07, 6.45) is -4.07. The maximum Gasteiger partial charge on any atom is 0.416 e. The molecule has 1 amide bonds. The first kappa shape index (κ1) is 17.1. The Kier molecular flexibility index (Phi) is 4.53. The third kappa shape index (κ3) is 3.94. The first-order valence-corrected chi connectivity index (χ1v) is 6.93. The van der Waals surface area contributed by atoms with Gasteiger partial charge in [0.1, 0.15) is 5.75 Å². The molecule has 126 valence electrons. The van der Waals surface area contributed by atoms with E-state index >= 15 is 0 Å². The zero-order valence-electron chi connectivity index (χ0n) is 12.4. The molecule has 0 aliphatic carbocycles. The van der Waals surface area contributed by atoms with Crippen molar-refractivity contribution in [2.75, 3.05) is 19.7 Å². The molecule has 1 aliphatic rings. The van der Waals surface area contributed by atoms with Gasteiger partial charge >= 0.3 is 12.1 Å². The fourth-order valence-corrected chi connectivity index (χ4v) is 2.33. The number of likely N-dealkylation sites (tertiary alicyclic amines) is 1. The number of benzene rings is 1. The minimum Gasteiger partial charge on any atom is -0.484 e. The Morgan fingerprint density at radius 3 is 2.39 bits per heavy atom. The molecule has 0 aromatic heterocycles. The number of amides is 1. The average molecular weight is 331 g/mol. The van der Waals surface area contributed by atoms with Crippen molar-refractivity contribution >= 4 is 11.9 Å². The highest BCUT2D eigenvalue weighted by Gasteiger charge is 2.42. The summed E-state index contributed by atoms with van der Waals surface area (Å²) in [5.74, 6) is -1.21. The summed E-state index contributed by atoms with van der Waals surface area (Å²) in [6.45, 7) is 1.63. The molecule has 1 aromatic carbocycles. The van der Waals surface area contributed by atoms with Gasteiger partial charge in [0.15, 0.2) is 6.61 Å². The van der Waals surface area contributed by atoms with E-state index in [9.17, 15) is 22.8 Å². The van der Waals surface area contributed by atoms with Gasteiger partial charge in [-0.25, -0.2) is 0 Å². The summed E-state index contributed by atoms with van der Waals surface area (Å²) in [5.41, 5.74) is -1.77. The van der Waals surface area contributed by atoms with Gasteiger partial charge in [-0.2, -0.15) is 13.2 Å². The number of carboxylic acid groups (broad SMARTS) is 1. The molecule has 0 radical (unpaired) electrons. The van der Waals surface area contributed by atoms with Gasteiger partial charge in [0.05, 0.1) is 11.0 Å². The number of aliphatic carboxylic acids is 1. The minimum atomic E-state index is -4.43. The topological polar surface area (TPSA) is 66.8 Å². The zero-order valence-corrected chi connectivity index (χ0v) is 12.4. The number of carbonyl (C=O) groups excluding carboxylic acids is 1. The van der Waals surface area contributed by atoms with Gasteiger partial charge in [-0.05, 0) is 37.6 Å². The van der Waals surface area contributed by atoms with Gasteiger partial charge in [0, 0.05) is 13.1 Å². The van der Waals surface area contributed by atoms with Crippen molar-refractivity contribution in [3.8, 4) is 5.75 Å². The number of nitrogens with zero attached hydrogens (tertiary/aromatic N) is 1. The van der Waals surface area contributed by atoms with Crippen LogP contribution in [0.5, 0.6) is 5.75 Å². The summed E-state index contributed by atoms with van der Waals surface area (Å²) in [5, 5.41) is 9.11. The van der Waals surface area contributed by atoms with E-state index in [2.05, 4.69) is 0 Å². The number of carboxylic acids is 1. The molecule has 1 fully saturated rings. The van der Waals surface area contributed by atoms with Crippen molar-refractivity contribution in [3.63, 3.8) is 0 Å². The second kappa shape index (κ2) is 6.10. The fourth-order valence-electron chi connectivity index (χ4n) is 2.33. The predicted octanol–water partition coefficient (Wildman–Crippen LogP) is 2.41. The van der Waals surface area contributed by atoms with Crippen molar-refractivity contribution in [3.05, 3.63) is 29.8 Å². The van der Waals surface area contributed by atoms with Crippen LogP contribution in [-0.4, -0.2) is 41.6 Å². The number of alkyl halides is 3. The molecule has 1 saturated heterocycles. The number of hydrogen-bond donors (Lipinski definition) is 1. The monoisotopic (exact) mass is 331 g/mol. The van der Waals surface area contributed by atoms with Crippen LogP contribution in [0.15, 0.2) is 24.3 Å². The van der Waals surface area contributed by atoms with Crippen LogP contribution in [0, 0.1) is 5.41 Å². The van der Waals surface area contributed by atoms with Gasteiger partial charge in [-0.3, -0.25) is 9.59 Å². The Hall–Kier alpha value is -2.25. The lowest BCUT2D eigenvalue weighted by Gasteiger charge is -2.20. The highest BCUT2D eigenvalue weighted by Crippen LogP contribution is 2.31. The van der Waals surface area contributed by atoms with E-state index in [1.54, 1.807) is 6.92 Å². The van der Waals surface area contributed by atoms with E-state index in [1.807, 2.05) is 0 Å². The molecule has 8 heteroatoms. The average Bonchev–Trinajstić information content (AvgIpc) is 2.88. The van der Waals surface area contributed by atoms with Crippen molar-refractivity contribution < 1.29 is 32.6 Å². The number of hydrogen-bond acceptors (Lipinski definition) is 3. The Morgan fingerprint density at radius 2 is 1.91 bits per heavy atom. The number of ether oxygens (including phenoxy) is 1. The van der Waals surface area contributed by atoms with Gasteiger partial charge in [0.25, 0.3) is 5.91 Å². The van der Waals surface area contributed by atoms with Gasteiger partial charge in [-0.1, -0.05) is 0 Å². The van der Waals surface area contributed by atoms with Crippen molar-refractivity contribution in [2.45, 2.75) is 19.5 Å². The largest absolute Gasteiger partial charge is 0.484 e. The third-order valence-electron chi connectivity index (χ3n) is 3.89. The lowest BCUT2D eigenvalue weighted by molar-refractivity contribution is -0.147. The lowest BCUT2D eigenvalue weighted by atomic mass is 9.90. The molecule has 1 N–H and O–H groups in total. The first-order valence-electron chi connectivity index (χ1n) is 6.93. The molecule has 0 unspecified atom stereocenters. The normalized spacial score (nSPS) is 21.3. The molecule has 2 rings (SSSR count). The first-order chi connectivity index (χ1) is 10.6. The second-order valence-corrected chi connectivity index (χ2v) is 5.74. The van der Waals surface area contributed by atoms with E-state index in [0.717, 1.165) is 24.3 Å². The Bertz CT molecular complexity index is 600. The molecular weight excluding hydrogens is 315 g/mol. The van der Waals surface area contributed by atoms with Gasteiger partial charge in [-0.15, -0.1) is 0 Å². The highest BCUT2D eigenvalue weighted by atomic mass is 19.4. The standard InChI is InChI=1S/C15H16F3NO4/c1-14(13(21)22)6-7-19(9-14)12(20)8-23-11-4-2-10(3-5-11)15(16,17)18/h2-5H,6-9H2,1H3,(H,21,22)/t14-/m1/s1. The van der Waals surface area contributed by atoms with Crippen molar-refractivity contribution in [1.29, 1.82) is 0 Å².